The highest BCUT2D eigenvalue weighted by molar-refractivity contribution is 7.71. The van der Waals surface area contributed by atoms with Crippen LogP contribution < -0.4 is 0 Å². The molecule has 2 N–H and O–H groups in total. The maximum atomic E-state index is 5.23. The Morgan fingerprint density at radius 2 is 2.12 bits per heavy atom. The van der Waals surface area contributed by atoms with Gasteiger partial charge in [0.1, 0.15) is 4.64 Å². The number of rotatable bonds is 1. The van der Waals surface area contributed by atoms with E-state index in [1.54, 1.807) is 4.68 Å². The van der Waals surface area contributed by atoms with Crippen LogP contribution in [0.25, 0.3) is 17.0 Å². The van der Waals surface area contributed by atoms with Crippen LogP contribution in [0.3, 0.4) is 0 Å². The second kappa shape index (κ2) is 3.31. The fourth-order valence-corrected chi connectivity index (χ4v) is 2.02. The van der Waals surface area contributed by atoms with Crippen molar-refractivity contribution in [1.82, 2.24) is 19.7 Å². The SMILES string of the molecule is Cc1cc(=S)n(-c2nc3ccccc3[nH]2)[nH]1. The molecule has 0 fully saturated rings. The summed E-state index contributed by atoms with van der Waals surface area (Å²) in [4.78, 5) is 7.69. The number of fused-ring (bicyclic) bond motifs is 1. The summed E-state index contributed by atoms with van der Waals surface area (Å²) in [6.07, 6.45) is 0. The lowest BCUT2D eigenvalue weighted by Crippen LogP contribution is -1.98. The van der Waals surface area contributed by atoms with Gasteiger partial charge in [-0.2, -0.15) is 0 Å². The molecule has 16 heavy (non-hydrogen) atoms. The molecule has 0 atom stereocenters. The molecule has 0 unspecified atom stereocenters. The third-order valence-corrected chi connectivity index (χ3v) is 2.74. The van der Waals surface area contributed by atoms with Crippen molar-refractivity contribution in [1.29, 1.82) is 0 Å². The van der Waals surface area contributed by atoms with Crippen molar-refractivity contribution in [2.75, 3.05) is 0 Å². The zero-order valence-corrected chi connectivity index (χ0v) is 9.51. The Morgan fingerprint density at radius 3 is 2.81 bits per heavy atom. The van der Waals surface area contributed by atoms with E-state index in [4.69, 9.17) is 12.2 Å². The predicted molar refractivity (Wildman–Crippen MR) is 65.3 cm³/mol. The third kappa shape index (κ3) is 1.37. The Morgan fingerprint density at radius 1 is 1.31 bits per heavy atom. The molecule has 0 radical (unpaired) electrons. The van der Waals surface area contributed by atoms with Crippen LogP contribution in [0.15, 0.2) is 30.3 Å². The maximum Gasteiger partial charge on any atom is 0.228 e. The summed E-state index contributed by atoms with van der Waals surface area (Å²) < 4.78 is 2.49. The molecule has 80 valence electrons. The van der Waals surface area contributed by atoms with Gasteiger partial charge < -0.3 is 4.98 Å². The monoisotopic (exact) mass is 230 g/mol. The van der Waals surface area contributed by atoms with Crippen molar-refractivity contribution in [2.45, 2.75) is 6.92 Å². The summed E-state index contributed by atoms with van der Waals surface area (Å²) in [6, 6.07) is 9.80. The van der Waals surface area contributed by atoms with Gasteiger partial charge in [-0.25, -0.2) is 9.67 Å². The topological polar surface area (TPSA) is 49.4 Å². The molecule has 3 rings (SSSR count). The van der Waals surface area contributed by atoms with Gasteiger partial charge in [0.2, 0.25) is 5.95 Å². The van der Waals surface area contributed by atoms with E-state index in [1.807, 2.05) is 37.3 Å². The molecular weight excluding hydrogens is 220 g/mol. The molecular formula is C11H10N4S. The second-order valence-electron chi connectivity index (χ2n) is 3.69. The molecule has 0 aliphatic carbocycles. The fraction of sp³-hybridized carbons (Fsp3) is 0.0909. The number of aromatic amines is 2. The van der Waals surface area contributed by atoms with Gasteiger partial charge in [-0.1, -0.05) is 24.4 Å². The number of nitrogens with one attached hydrogen (secondary N) is 2. The molecule has 0 saturated heterocycles. The summed E-state index contributed by atoms with van der Waals surface area (Å²) in [6.45, 7) is 1.97. The molecule has 3 aromatic rings. The minimum absolute atomic E-state index is 0.719. The molecule has 2 heterocycles. The second-order valence-corrected chi connectivity index (χ2v) is 4.11. The quantitative estimate of drug-likeness (QED) is 0.631. The number of H-pyrrole nitrogens is 2. The lowest BCUT2D eigenvalue weighted by molar-refractivity contribution is 0.806. The van der Waals surface area contributed by atoms with Crippen molar-refractivity contribution < 1.29 is 0 Å². The molecule has 5 heteroatoms. The van der Waals surface area contributed by atoms with Crippen LogP contribution in [0.4, 0.5) is 0 Å². The van der Waals surface area contributed by atoms with E-state index in [-0.39, 0.29) is 0 Å². The number of nitrogens with zero attached hydrogens (tertiary/aromatic N) is 2. The Bertz CT molecular complexity index is 671. The Kier molecular flexibility index (Phi) is 1.94. The van der Waals surface area contributed by atoms with E-state index in [0.29, 0.717) is 0 Å². The van der Waals surface area contributed by atoms with E-state index in [9.17, 15) is 0 Å². The zero-order valence-electron chi connectivity index (χ0n) is 8.69. The van der Waals surface area contributed by atoms with Gasteiger partial charge in [-0.15, -0.1) is 0 Å². The van der Waals surface area contributed by atoms with E-state index >= 15 is 0 Å². The maximum absolute atomic E-state index is 5.23. The number of hydrogen-bond donors (Lipinski definition) is 2. The average Bonchev–Trinajstić information content (AvgIpc) is 2.81. The van der Waals surface area contributed by atoms with Crippen molar-refractivity contribution in [3.8, 4) is 5.95 Å². The zero-order chi connectivity index (χ0) is 11.1. The molecule has 0 aliphatic heterocycles. The summed E-state index contributed by atoms with van der Waals surface area (Å²) >= 11 is 5.23. The number of imidazole rings is 1. The van der Waals surface area contributed by atoms with Gasteiger partial charge in [0.05, 0.1) is 11.0 Å². The highest BCUT2D eigenvalue weighted by Crippen LogP contribution is 2.13. The van der Waals surface area contributed by atoms with E-state index in [1.165, 1.54) is 0 Å². The van der Waals surface area contributed by atoms with Crippen LogP contribution >= 0.6 is 12.2 Å². The summed E-state index contributed by atoms with van der Waals surface area (Å²) in [5.74, 6) is 0.722. The van der Waals surface area contributed by atoms with Gasteiger partial charge >= 0.3 is 0 Å². The number of para-hydroxylation sites is 2. The van der Waals surface area contributed by atoms with Crippen molar-refractivity contribution in [3.63, 3.8) is 0 Å². The Labute approximate surface area is 96.9 Å². The third-order valence-electron chi connectivity index (χ3n) is 2.44. The Hall–Kier alpha value is -1.88. The van der Waals surface area contributed by atoms with Gasteiger partial charge in [-0.05, 0) is 25.1 Å². The van der Waals surface area contributed by atoms with Gasteiger partial charge in [0.15, 0.2) is 0 Å². The molecule has 0 bridgehead atoms. The number of aromatic nitrogens is 4. The van der Waals surface area contributed by atoms with E-state index < -0.39 is 0 Å². The van der Waals surface area contributed by atoms with Crippen LogP contribution in [0.5, 0.6) is 0 Å². The predicted octanol–water partition coefficient (Wildman–Crippen LogP) is 2.72. The minimum Gasteiger partial charge on any atom is -0.322 e. The summed E-state index contributed by atoms with van der Waals surface area (Å²) in [5.41, 5.74) is 2.96. The van der Waals surface area contributed by atoms with Gasteiger partial charge in [-0.3, -0.25) is 5.10 Å². The molecule has 0 aliphatic rings. The largest absolute Gasteiger partial charge is 0.322 e. The first kappa shape index (κ1) is 9.35. The van der Waals surface area contributed by atoms with Crippen LogP contribution in [-0.2, 0) is 0 Å². The molecule has 0 amide bonds. The number of hydrogen-bond acceptors (Lipinski definition) is 2. The van der Waals surface area contributed by atoms with Crippen molar-refractivity contribution in [3.05, 3.63) is 40.7 Å². The van der Waals surface area contributed by atoms with Crippen molar-refractivity contribution in [2.24, 2.45) is 0 Å². The van der Waals surface area contributed by atoms with Crippen LogP contribution in [0, 0.1) is 11.6 Å². The molecule has 0 saturated carbocycles. The lowest BCUT2D eigenvalue weighted by Gasteiger charge is -1.95. The first-order valence-corrected chi connectivity index (χ1v) is 5.39. The van der Waals surface area contributed by atoms with Crippen LogP contribution in [0.2, 0.25) is 0 Å². The molecule has 4 nitrogen and oxygen atoms in total. The first-order chi connectivity index (χ1) is 7.74. The minimum atomic E-state index is 0.719. The highest BCUT2D eigenvalue weighted by atomic mass is 32.1. The number of aryl methyl sites for hydroxylation is 1. The number of benzene rings is 1. The standard InChI is InChI=1S/C11H10N4S/c1-7-6-10(16)15(14-7)11-12-8-4-2-3-5-9(8)13-11/h2-6,14H,1H3,(H,12,13). The fourth-order valence-electron chi connectivity index (χ4n) is 1.72. The summed E-state index contributed by atoms with van der Waals surface area (Å²) in [7, 11) is 0. The van der Waals surface area contributed by atoms with E-state index in [2.05, 4.69) is 15.1 Å². The van der Waals surface area contributed by atoms with Gasteiger partial charge in [0, 0.05) is 5.69 Å². The average molecular weight is 230 g/mol. The van der Waals surface area contributed by atoms with Crippen LogP contribution in [0.1, 0.15) is 5.69 Å². The highest BCUT2D eigenvalue weighted by Gasteiger charge is 2.05. The first-order valence-electron chi connectivity index (χ1n) is 4.98. The summed E-state index contributed by atoms with van der Waals surface area (Å²) in [5, 5.41) is 3.14. The smallest absolute Gasteiger partial charge is 0.228 e. The molecule has 2 aromatic heterocycles. The molecule has 0 spiro atoms. The lowest BCUT2D eigenvalue weighted by atomic mass is 10.3. The van der Waals surface area contributed by atoms with Gasteiger partial charge in [0.25, 0.3) is 0 Å². The van der Waals surface area contributed by atoms with Crippen LogP contribution in [-0.4, -0.2) is 19.7 Å². The van der Waals surface area contributed by atoms with E-state index in [0.717, 1.165) is 27.3 Å². The molecule has 1 aromatic carbocycles. The Balaban J connectivity index is 2.26. The van der Waals surface area contributed by atoms with Crippen molar-refractivity contribution >= 4 is 23.3 Å². The normalized spacial score (nSPS) is 11.1.